The largest absolute Gasteiger partial charge is 0.462 e. The smallest absolute Gasteiger partial charge is 0.168 e. The maximum Gasteiger partial charge on any atom is 0.168 e. The summed E-state index contributed by atoms with van der Waals surface area (Å²) in [6, 6.07) is 7.77. The Labute approximate surface area is 107 Å². The molecule has 3 aromatic heterocycles. The van der Waals surface area contributed by atoms with Gasteiger partial charge in [-0.25, -0.2) is 14.6 Å². The third kappa shape index (κ3) is 1.33. The van der Waals surface area contributed by atoms with E-state index in [1.54, 1.807) is 17.1 Å². The Morgan fingerprint density at radius 2 is 2.00 bits per heavy atom. The molecule has 4 rings (SSSR count). The van der Waals surface area contributed by atoms with Crippen LogP contribution in [0.5, 0.6) is 0 Å². The summed E-state index contributed by atoms with van der Waals surface area (Å²) in [4.78, 5) is 8.19. The molecule has 0 atom stereocenters. The Hall–Kier alpha value is -2.89. The van der Waals surface area contributed by atoms with E-state index in [0.29, 0.717) is 11.5 Å². The zero-order valence-electron chi connectivity index (χ0n) is 9.82. The first-order chi connectivity index (χ1) is 9.34. The fraction of sp³-hybridized carbons (Fsp3) is 0. The maximum absolute atomic E-state index is 5.81. The van der Waals surface area contributed by atoms with Crippen molar-refractivity contribution >= 4 is 27.8 Å². The Kier molecular flexibility index (Phi) is 1.88. The summed E-state index contributed by atoms with van der Waals surface area (Å²) in [7, 11) is 0. The van der Waals surface area contributed by atoms with Gasteiger partial charge in [-0.1, -0.05) is 12.1 Å². The van der Waals surface area contributed by atoms with Gasteiger partial charge >= 0.3 is 0 Å². The van der Waals surface area contributed by atoms with Crippen LogP contribution in [0, 0.1) is 0 Å². The molecule has 0 amide bonds. The Balaban J connectivity index is 2.07. The topological polar surface area (TPSA) is 82.8 Å². The lowest BCUT2D eigenvalue weighted by atomic mass is 10.2. The molecule has 92 valence electrons. The standard InChI is InChI=1S/C13H9N5O/c14-12-9-5-17-18(13(9)16-7-15-12)10-6-19-11-4-2-1-3-8(10)11/h1-7H,(H2,14,15,16). The first-order valence-corrected chi connectivity index (χ1v) is 5.75. The molecule has 0 bridgehead atoms. The van der Waals surface area contributed by atoms with Gasteiger partial charge in [-0.3, -0.25) is 0 Å². The van der Waals surface area contributed by atoms with Gasteiger partial charge < -0.3 is 10.2 Å². The molecule has 4 aromatic rings. The second-order valence-corrected chi connectivity index (χ2v) is 4.17. The molecule has 2 N–H and O–H groups in total. The molecule has 0 aliphatic carbocycles. The normalized spacial score (nSPS) is 11.4. The number of aromatic nitrogens is 4. The van der Waals surface area contributed by atoms with E-state index in [-0.39, 0.29) is 0 Å². The molecule has 1 aromatic carbocycles. The van der Waals surface area contributed by atoms with Crippen LogP contribution in [0.25, 0.3) is 27.7 Å². The summed E-state index contributed by atoms with van der Waals surface area (Å²) in [5.41, 5.74) is 8.12. The maximum atomic E-state index is 5.81. The fourth-order valence-electron chi connectivity index (χ4n) is 2.17. The number of para-hydroxylation sites is 1. The minimum atomic E-state index is 0.420. The molecule has 6 nitrogen and oxygen atoms in total. The molecule has 0 radical (unpaired) electrons. The van der Waals surface area contributed by atoms with Crippen LogP contribution < -0.4 is 5.73 Å². The first-order valence-electron chi connectivity index (χ1n) is 5.75. The summed E-state index contributed by atoms with van der Waals surface area (Å²) in [6.45, 7) is 0. The number of hydrogen-bond acceptors (Lipinski definition) is 5. The summed E-state index contributed by atoms with van der Waals surface area (Å²) in [5, 5.41) is 6.03. The summed E-state index contributed by atoms with van der Waals surface area (Å²) >= 11 is 0. The molecule has 0 unspecified atom stereocenters. The minimum absolute atomic E-state index is 0.420. The SMILES string of the molecule is Nc1ncnc2c1cnn2-c1coc2ccccc12. The number of anilines is 1. The highest BCUT2D eigenvalue weighted by Crippen LogP contribution is 2.27. The van der Waals surface area contributed by atoms with E-state index < -0.39 is 0 Å². The van der Waals surface area contributed by atoms with E-state index in [1.807, 2.05) is 24.3 Å². The van der Waals surface area contributed by atoms with Crippen molar-refractivity contribution < 1.29 is 4.42 Å². The highest BCUT2D eigenvalue weighted by atomic mass is 16.3. The average Bonchev–Trinajstić information content (AvgIpc) is 3.02. The number of furan rings is 1. The molecule has 0 saturated heterocycles. The summed E-state index contributed by atoms with van der Waals surface area (Å²) in [5.74, 6) is 0.420. The number of benzene rings is 1. The van der Waals surface area contributed by atoms with Gasteiger partial charge in [0.2, 0.25) is 0 Å². The molecule has 3 heterocycles. The van der Waals surface area contributed by atoms with Gasteiger partial charge in [0.1, 0.15) is 29.7 Å². The molecule has 6 heteroatoms. The Morgan fingerprint density at radius 1 is 1.11 bits per heavy atom. The lowest BCUT2D eigenvalue weighted by Crippen LogP contribution is -1.98. The Morgan fingerprint density at radius 3 is 2.95 bits per heavy atom. The minimum Gasteiger partial charge on any atom is -0.462 e. The van der Waals surface area contributed by atoms with Gasteiger partial charge in [-0.05, 0) is 12.1 Å². The monoisotopic (exact) mass is 251 g/mol. The van der Waals surface area contributed by atoms with E-state index in [2.05, 4.69) is 15.1 Å². The molecule has 0 spiro atoms. The molecule has 19 heavy (non-hydrogen) atoms. The van der Waals surface area contributed by atoms with Crippen LogP contribution in [0.3, 0.4) is 0 Å². The van der Waals surface area contributed by atoms with Crippen LogP contribution in [-0.4, -0.2) is 19.7 Å². The molecule has 0 aliphatic heterocycles. The van der Waals surface area contributed by atoms with Crippen LogP contribution in [0.2, 0.25) is 0 Å². The third-order valence-corrected chi connectivity index (χ3v) is 3.09. The highest BCUT2D eigenvalue weighted by Gasteiger charge is 2.13. The summed E-state index contributed by atoms with van der Waals surface area (Å²) < 4.78 is 7.22. The van der Waals surface area contributed by atoms with Crippen LogP contribution in [0.1, 0.15) is 0 Å². The molecular formula is C13H9N5O. The third-order valence-electron chi connectivity index (χ3n) is 3.09. The van der Waals surface area contributed by atoms with E-state index >= 15 is 0 Å². The highest BCUT2D eigenvalue weighted by molar-refractivity contribution is 5.91. The zero-order chi connectivity index (χ0) is 12.8. The van der Waals surface area contributed by atoms with Crippen molar-refractivity contribution in [1.29, 1.82) is 0 Å². The van der Waals surface area contributed by atoms with Crippen LogP contribution >= 0.6 is 0 Å². The lowest BCUT2D eigenvalue weighted by Gasteiger charge is -1.99. The van der Waals surface area contributed by atoms with Crippen molar-refractivity contribution in [3.8, 4) is 5.69 Å². The Bertz CT molecular complexity index is 892. The van der Waals surface area contributed by atoms with E-state index in [1.165, 1.54) is 6.33 Å². The predicted molar refractivity (Wildman–Crippen MR) is 70.8 cm³/mol. The van der Waals surface area contributed by atoms with Crippen molar-refractivity contribution in [2.75, 3.05) is 5.73 Å². The lowest BCUT2D eigenvalue weighted by molar-refractivity contribution is 0.611. The number of fused-ring (bicyclic) bond motifs is 2. The first kappa shape index (κ1) is 10.1. The van der Waals surface area contributed by atoms with Crippen molar-refractivity contribution in [2.45, 2.75) is 0 Å². The number of nitrogens with zero attached hydrogens (tertiary/aromatic N) is 4. The second kappa shape index (κ2) is 3.55. The van der Waals surface area contributed by atoms with Gasteiger partial charge in [0.25, 0.3) is 0 Å². The van der Waals surface area contributed by atoms with E-state index in [4.69, 9.17) is 10.2 Å². The molecule has 0 aliphatic rings. The van der Waals surface area contributed by atoms with Crippen molar-refractivity contribution in [3.63, 3.8) is 0 Å². The quantitative estimate of drug-likeness (QED) is 0.560. The average molecular weight is 251 g/mol. The number of hydrogen-bond donors (Lipinski definition) is 1. The number of nitrogen functional groups attached to an aromatic ring is 1. The molecule has 0 fully saturated rings. The van der Waals surface area contributed by atoms with E-state index in [9.17, 15) is 0 Å². The number of nitrogens with two attached hydrogens (primary N) is 1. The van der Waals surface area contributed by atoms with Gasteiger partial charge in [0.15, 0.2) is 5.65 Å². The summed E-state index contributed by atoms with van der Waals surface area (Å²) in [6.07, 6.45) is 4.75. The van der Waals surface area contributed by atoms with E-state index in [0.717, 1.165) is 22.0 Å². The van der Waals surface area contributed by atoms with Crippen molar-refractivity contribution in [1.82, 2.24) is 19.7 Å². The van der Waals surface area contributed by atoms with Crippen LogP contribution in [0.15, 0.2) is 47.5 Å². The molecule has 0 saturated carbocycles. The second-order valence-electron chi connectivity index (χ2n) is 4.17. The predicted octanol–water partition coefficient (Wildman–Crippen LogP) is 2.14. The van der Waals surface area contributed by atoms with Gasteiger partial charge in [-0.15, -0.1) is 0 Å². The number of rotatable bonds is 1. The van der Waals surface area contributed by atoms with Crippen molar-refractivity contribution in [2.24, 2.45) is 0 Å². The van der Waals surface area contributed by atoms with Gasteiger partial charge in [0, 0.05) is 5.39 Å². The van der Waals surface area contributed by atoms with Crippen LogP contribution in [-0.2, 0) is 0 Å². The van der Waals surface area contributed by atoms with Gasteiger partial charge in [0.05, 0.1) is 11.6 Å². The fourth-order valence-corrected chi connectivity index (χ4v) is 2.17. The molecular weight excluding hydrogens is 242 g/mol. The van der Waals surface area contributed by atoms with Crippen molar-refractivity contribution in [3.05, 3.63) is 43.1 Å². The zero-order valence-corrected chi connectivity index (χ0v) is 9.82. The van der Waals surface area contributed by atoms with Gasteiger partial charge in [-0.2, -0.15) is 5.10 Å². The van der Waals surface area contributed by atoms with Crippen LogP contribution in [0.4, 0.5) is 5.82 Å².